The highest BCUT2D eigenvalue weighted by molar-refractivity contribution is 6.28. The second kappa shape index (κ2) is 4.13. The Balaban J connectivity index is 1.95. The van der Waals surface area contributed by atoms with Crippen LogP contribution in [0.4, 0.5) is 5.82 Å². The second-order valence-electron chi connectivity index (χ2n) is 3.83. The van der Waals surface area contributed by atoms with Crippen LogP contribution in [0.3, 0.4) is 0 Å². The summed E-state index contributed by atoms with van der Waals surface area (Å²) in [6.45, 7) is 2.19. The number of rotatable bonds is 3. The maximum absolute atomic E-state index is 5.69. The Kier molecular flexibility index (Phi) is 2.87. The van der Waals surface area contributed by atoms with Gasteiger partial charge in [0.2, 0.25) is 5.28 Å². The molecule has 0 unspecified atom stereocenters. The molecule has 0 amide bonds. The van der Waals surface area contributed by atoms with Gasteiger partial charge in [0.05, 0.1) is 0 Å². The highest BCUT2D eigenvalue weighted by Gasteiger charge is 2.23. The standard InChI is InChI=1S/C10H14ClN3/c1-7(8-3-2-4-8)13-9-5-6-12-10(11)14-9/h5-8H,2-4H2,1H3,(H,12,13,14)/t7-/m1/s1. The fourth-order valence-corrected chi connectivity index (χ4v) is 1.85. The minimum absolute atomic E-state index is 0.302. The lowest BCUT2D eigenvalue weighted by atomic mass is 9.80. The molecule has 0 bridgehead atoms. The maximum Gasteiger partial charge on any atom is 0.224 e. The molecule has 0 spiro atoms. The molecular weight excluding hydrogens is 198 g/mol. The van der Waals surface area contributed by atoms with Gasteiger partial charge in [0.15, 0.2) is 0 Å². The van der Waals surface area contributed by atoms with Crippen LogP contribution in [0.15, 0.2) is 12.3 Å². The van der Waals surface area contributed by atoms with Crippen molar-refractivity contribution in [3.05, 3.63) is 17.5 Å². The first-order valence-corrected chi connectivity index (χ1v) is 5.38. The maximum atomic E-state index is 5.69. The summed E-state index contributed by atoms with van der Waals surface area (Å²) >= 11 is 5.69. The van der Waals surface area contributed by atoms with E-state index < -0.39 is 0 Å². The summed E-state index contributed by atoms with van der Waals surface area (Å²) in [5.41, 5.74) is 0. The molecule has 1 aromatic rings. The zero-order valence-electron chi connectivity index (χ0n) is 8.20. The van der Waals surface area contributed by atoms with Gasteiger partial charge in [0.1, 0.15) is 5.82 Å². The van der Waals surface area contributed by atoms with Crippen molar-refractivity contribution in [1.82, 2.24) is 9.97 Å². The summed E-state index contributed by atoms with van der Waals surface area (Å²) in [5.74, 6) is 1.62. The third kappa shape index (κ3) is 2.15. The van der Waals surface area contributed by atoms with Crippen molar-refractivity contribution >= 4 is 17.4 Å². The Bertz CT molecular complexity index is 312. The van der Waals surface area contributed by atoms with Crippen LogP contribution in [0.25, 0.3) is 0 Å². The van der Waals surface area contributed by atoms with Crippen molar-refractivity contribution in [2.24, 2.45) is 5.92 Å². The Labute approximate surface area is 88.9 Å². The monoisotopic (exact) mass is 211 g/mol. The fourth-order valence-electron chi connectivity index (χ4n) is 1.71. The van der Waals surface area contributed by atoms with E-state index in [-0.39, 0.29) is 0 Å². The number of nitrogens with one attached hydrogen (secondary N) is 1. The number of aromatic nitrogens is 2. The molecule has 76 valence electrons. The van der Waals surface area contributed by atoms with Crippen LogP contribution in [0.5, 0.6) is 0 Å². The van der Waals surface area contributed by atoms with Gasteiger partial charge in [-0.1, -0.05) is 6.42 Å². The molecule has 3 nitrogen and oxygen atoms in total. The van der Waals surface area contributed by atoms with Gasteiger partial charge in [-0.15, -0.1) is 0 Å². The van der Waals surface area contributed by atoms with Crippen LogP contribution < -0.4 is 5.32 Å². The van der Waals surface area contributed by atoms with Crippen LogP contribution in [0, 0.1) is 5.92 Å². The first kappa shape index (κ1) is 9.71. The van der Waals surface area contributed by atoms with Gasteiger partial charge in [0.25, 0.3) is 0 Å². The minimum Gasteiger partial charge on any atom is -0.367 e. The van der Waals surface area contributed by atoms with Gasteiger partial charge in [-0.2, -0.15) is 0 Å². The topological polar surface area (TPSA) is 37.8 Å². The van der Waals surface area contributed by atoms with Crippen molar-refractivity contribution in [3.63, 3.8) is 0 Å². The minimum atomic E-state index is 0.302. The number of hydrogen-bond donors (Lipinski definition) is 1. The fraction of sp³-hybridized carbons (Fsp3) is 0.600. The van der Waals surface area contributed by atoms with E-state index in [2.05, 4.69) is 22.2 Å². The predicted octanol–water partition coefficient (Wildman–Crippen LogP) is 2.73. The lowest BCUT2D eigenvalue weighted by molar-refractivity contribution is 0.285. The molecule has 0 aliphatic heterocycles. The van der Waals surface area contributed by atoms with E-state index in [9.17, 15) is 0 Å². The van der Waals surface area contributed by atoms with Crippen molar-refractivity contribution in [2.75, 3.05) is 5.32 Å². The molecule has 0 radical (unpaired) electrons. The van der Waals surface area contributed by atoms with Crippen LogP contribution in [-0.2, 0) is 0 Å². The second-order valence-corrected chi connectivity index (χ2v) is 4.17. The van der Waals surface area contributed by atoms with E-state index in [1.165, 1.54) is 19.3 Å². The highest BCUT2D eigenvalue weighted by atomic mass is 35.5. The Morgan fingerprint density at radius 3 is 2.93 bits per heavy atom. The zero-order chi connectivity index (χ0) is 9.97. The molecule has 0 aromatic carbocycles. The van der Waals surface area contributed by atoms with Crippen LogP contribution in [0.2, 0.25) is 5.28 Å². The van der Waals surface area contributed by atoms with Crippen LogP contribution in [-0.4, -0.2) is 16.0 Å². The smallest absolute Gasteiger partial charge is 0.224 e. The van der Waals surface area contributed by atoms with Crippen molar-refractivity contribution in [3.8, 4) is 0 Å². The van der Waals surface area contributed by atoms with Crippen LogP contribution >= 0.6 is 11.6 Å². The summed E-state index contributed by atoms with van der Waals surface area (Å²) < 4.78 is 0. The Hall–Kier alpha value is -0.830. The summed E-state index contributed by atoms with van der Waals surface area (Å²) in [6.07, 6.45) is 5.69. The molecule has 1 atom stereocenters. The average molecular weight is 212 g/mol. The molecule has 2 rings (SSSR count). The van der Waals surface area contributed by atoms with Crippen molar-refractivity contribution in [2.45, 2.75) is 32.2 Å². The van der Waals surface area contributed by atoms with E-state index in [0.29, 0.717) is 11.3 Å². The van der Waals surface area contributed by atoms with E-state index in [1.807, 2.05) is 6.07 Å². The van der Waals surface area contributed by atoms with Crippen molar-refractivity contribution in [1.29, 1.82) is 0 Å². The number of halogens is 1. The van der Waals surface area contributed by atoms with E-state index >= 15 is 0 Å². The molecule has 14 heavy (non-hydrogen) atoms. The summed E-state index contributed by atoms with van der Waals surface area (Å²) in [5, 5.41) is 3.65. The van der Waals surface area contributed by atoms with Gasteiger partial charge in [-0.3, -0.25) is 0 Å². The first-order valence-electron chi connectivity index (χ1n) is 5.01. The summed E-state index contributed by atoms with van der Waals surface area (Å²) in [4.78, 5) is 7.94. The van der Waals surface area contributed by atoms with E-state index in [0.717, 1.165) is 11.7 Å². The Morgan fingerprint density at radius 1 is 1.57 bits per heavy atom. The van der Waals surface area contributed by atoms with Gasteiger partial charge in [-0.05, 0) is 43.4 Å². The molecule has 1 fully saturated rings. The first-order chi connectivity index (χ1) is 6.75. The number of anilines is 1. The average Bonchev–Trinajstić information content (AvgIpc) is 1.99. The number of hydrogen-bond acceptors (Lipinski definition) is 3. The molecule has 1 aliphatic rings. The van der Waals surface area contributed by atoms with Gasteiger partial charge in [-0.25, -0.2) is 9.97 Å². The molecular formula is C10H14ClN3. The van der Waals surface area contributed by atoms with Crippen molar-refractivity contribution < 1.29 is 0 Å². The number of nitrogens with zero attached hydrogens (tertiary/aromatic N) is 2. The lowest BCUT2D eigenvalue weighted by Crippen LogP contribution is -2.31. The lowest BCUT2D eigenvalue weighted by Gasteiger charge is -2.32. The van der Waals surface area contributed by atoms with E-state index in [4.69, 9.17) is 11.6 Å². The summed E-state index contributed by atoms with van der Waals surface area (Å²) in [7, 11) is 0. The Morgan fingerprint density at radius 2 is 2.36 bits per heavy atom. The molecule has 1 aliphatic carbocycles. The van der Waals surface area contributed by atoms with Gasteiger partial charge < -0.3 is 5.32 Å². The zero-order valence-corrected chi connectivity index (χ0v) is 8.96. The third-order valence-electron chi connectivity index (χ3n) is 2.86. The molecule has 4 heteroatoms. The molecule has 1 aromatic heterocycles. The quantitative estimate of drug-likeness (QED) is 0.782. The van der Waals surface area contributed by atoms with E-state index in [1.54, 1.807) is 6.20 Å². The highest BCUT2D eigenvalue weighted by Crippen LogP contribution is 2.30. The SMILES string of the molecule is C[C@@H](Nc1ccnc(Cl)n1)C1CCC1. The predicted molar refractivity (Wildman–Crippen MR) is 57.5 cm³/mol. The molecule has 1 N–H and O–H groups in total. The van der Waals surface area contributed by atoms with Crippen LogP contribution in [0.1, 0.15) is 26.2 Å². The molecule has 1 saturated carbocycles. The van der Waals surface area contributed by atoms with Gasteiger partial charge >= 0.3 is 0 Å². The summed E-state index contributed by atoms with van der Waals surface area (Å²) in [6, 6.07) is 2.33. The third-order valence-corrected chi connectivity index (χ3v) is 3.04. The largest absolute Gasteiger partial charge is 0.367 e. The normalized spacial score (nSPS) is 18.7. The van der Waals surface area contributed by atoms with Gasteiger partial charge in [0, 0.05) is 12.2 Å². The molecule has 0 saturated heterocycles. The molecule has 1 heterocycles.